The molecule has 0 N–H and O–H groups in total. The van der Waals surface area contributed by atoms with Crippen molar-refractivity contribution in [1.82, 2.24) is 0 Å². The molecule has 0 fully saturated rings. The summed E-state index contributed by atoms with van der Waals surface area (Å²) in [6.45, 7) is 0. The van der Waals surface area contributed by atoms with Crippen molar-refractivity contribution < 1.29 is 83.6 Å². The molecule has 0 aromatic carbocycles. The molecule has 3 nitrogen and oxygen atoms in total. The molecular weight excluding hydrogens is 211 g/mol. The molecule has 0 unspecified atom stereocenters. The maximum atomic E-state index is 11.8. The summed E-state index contributed by atoms with van der Waals surface area (Å²) in [7, 11) is 0.261. The number of carboxylic acid groups (broad SMARTS) is 1. The molecule has 0 saturated carbocycles. The average Bonchev–Trinajstić information content (AvgIpc) is 1.87. The summed E-state index contributed by atoms with van der Waals surface area (Å²) < 4.78 is 50.1. The summed E-state index contributed by atoms with van der Waals surface area (Å²) in [5.41, 5.74) is 0. The van der Waals surface area contributed by atoms with Gasteiger partial charge < -0.3 is 14.6 Å². The van der Waals surface area contributed by atoms with Gasteiger partial charge in [0.2, 0.25) is 0 Å². The fraction of sp³-hybridized carbons (Fsp3) is 0.750. The monoisotopic (exact) mass is 214 g/mol. The van der Waals surface area contributed by atoms with Crippen LogP contribution in [0.5, 0.6) is 0 Å². The standard InChI is InChI=1S/C4H4F4O3.K/c1-11-4(7,8)3(5,6)2(9)10;/h1H3,(H,9,10);/q;+1/p-1. The van der Waals surface area contributed by atoms with E-state index in [1.165, 1.54) is 0 Å². The molecule has 0 aliphatic heterocycles. The number of methoxy groups -OCH3 is 1. The van der Waals surface area contributed by atoms with Crippen LogP contribution < -0.4 is 56.5 Å². The number of ether oxygens (including phenoxy) is 1. The fourth-order valence-electron chi connectivity index (χ4n) is 0.247. The molecule has 12 heavy (non-hydrogen) atoms. The van der Waals surface area contributed by atoms with Crippen molar-refractivity contribution in [3.63, 3.8) is 0 Å². The molecule has 0 atom stereocenters. The largest absolute Gasteiger partial charge is 1.00 e. The zero-order chi connectivity index (χ0) is 9.28. The third-order valence-corrected chi connectivity index (χ3v) is 0.878. The number of halogens is 4. The summed E-state index contributed by atoms with van der Waals surface area (Å²) in [5.74, 6) is -8.48. The third-order valence-electron chi connectivity index (χ3n) is 0.878. The Balaban J connectivity index is 0. The van der Waals surface area contributed by atoms with Gasteiger partial charge in [0.05, 0.1) is 0 Å². The quantitative estimate of drug-likeness (QED) is 0.364. The topological polar surface area (TPSA) is 49.4 Å². The maximum Gasteiger partial charge on any atom is 1.00 e. The molecule has 0 bridgehead atoms. The predicted molar refractivity (Wildman–Crippen MR) is 21.9 cm³/mol. The molecule has 0 aromatic heterocycles. The summed E-state index contributed by atoms with van der Waals surface area (Å²) in [6, 6.07) is 0. The molecule has 0 amide bonds. The van der Waals surface area contributed by atoms with Crippen LogP contribution in [0.15, 0.2) is 0 Å². The number of aliphatic carboxylic acids is 1. The maximum absolute atomic E-state index is 11.8. The minimum absolute atomic E-state index is 0. The Morgan fingerprint density at radius 1 is 1.33 bits per heavy atom. The second-order valence-corrected chi connectivity index (χ2v) is 1.58. The summed E-state index contributed by atoms with van der Waals surface area (Å²) >= 11 is 0. The number of carbonyl (C=O) groups excluding carboxylic acids is 1. The van der Waals surface area contributed by atoms with Crippen molar-refractivity contribution in [1.29, 1.82) is 0 Å². The van der Waals surface area contributed by atoms with Crippen LogP contribution in [0.1, 0.15) is 0 Å². The molecule has 0 radical (unpaired) electrons. The first-order valence-corrected chi connectivity index (χ1v) is 2.28. The van der Waals surface area contributed by atoms with E-state index >= 15 is 0 Å². The van der Waals surface area contributed by atoms with Gasteiger partial charge in [-0.3, -0.25) is 0 Å². The average molecular weight is 214 g/mol. The molecule has 0 aliphatic rings. The van der Waals surface area contributed by atoms with Gasteiger partial charge >= 0.3 is 63.4 Å². The number of hydrogen-bond donors (Lipinski definition) is 0. The Bertz CT molecular complexity index is 172. The van der Waals surface area contributed by atoms with Crippen molar-refractivity contribution in [3.05, 3.63) is 0 Å². The smallest absolute Gasteiger partial charge is 0.544 e. The SMILES string of the molecule is COC(F)(F)C(F)(F)C(=O)[O-].[K+]. The van der Waals surface area contributed by atoms with Gasteiger partial charge in [-0.15, -0.1) is 0 Å². The Morgan fingerprint density at radius 2 is 1.67 bits per heavy atom. The van der Waals surface area contributed by atoms with Gasteiger partial charge in [-0.1, -0.05) is 0 Å². The fourth-order valence-corrected chi connectivity index (χ4v) is 0.247. The molecule has 8 heteroatoms. The van der Waals surface area contributed by atoms with E-state index in [0.717, 1.165) is 0 Å². The van der Waals surface area contributed by atoms with Crippen LogP contribution >= 0.6 is 0 Å². The van der Waals surface area contributed by atoms with E-state index in [4.69, 9.17) is 0 Å². The van der Waals surface area contributed by atoms with Gasteiger partial charge in [-0.2, -0.15) is 17.6 Å². The molecule has 0 rings (SSSR count). The Morgan fingerprint density at radius 3 is 1.75 bits per heavy atom. The van der Waals surface area contributed by atoms with Crippen LogP contribution in [0.3, 0.4) is 0 Å². The van der Waals surface area contributed by atoms with Gasteiger partial charge in [-0.25, -0.2) is 0 Å². The molecule has 66 valence electrons. The first-order chi connectivity index (χ1) is 4.75. The van der Waals surface area contributed by atoms with E-state index in [2.05, 4.69) is 4.74 Å². The van der Waals surface area contributed by atoms with Crippen molar-refractivity contribution in [2.24, 2.45) is 0 Å². The molecule has 0 spiro atoms. The minimum Gasteiger partial charge on any atom is -0.544 e. The molecule has 0 aromatic rings. The zero-order valence-corrected chi connectivity index (χ0v) is 9.36. The predicted octanol–water partition coefficient (Wildman–Crippen LogP) is -3.39. The van der Waals surface area contributed by atoms with E-state index in [1.807, 2.05) is 0 Å². The first-order valence-electron chi connectivity index (χ1n) is 2.28. The summed E-state index contributed by atoms with van der Waals surface area (Å²) in [4.78, 5) is 9.41. The van der Waals surface area contributed by atoms with E-state index in [9.17, 15) is 27.5 Å². The van der Waals surface area contributed by atoms with Crippen LogP contribution in [0.4, 0.5) is 17.6 Å². The summed E-state index contributed by atoms with van der Waals surface area (Å²) in [6.07, 6.45) is -5.04. The van der Waals surface area contributed by atoms with Crippen LogP contribution in [0.2, 0.25) is 0 Å². The second-order valence-electron chi connectivity index (χ2n) is 1.58. The first kappa shape index (κ1) is 15.3. The molecule has 0 saturated heterocycles. The minimum atomic E-state index is -5.30. The third kappa shape index (κ3) is 2.93. The van der Waals surface area contributed by atoms with E-state index in [1.54, 1.807) is 0 Å². The summed E-state index contributed by atoms with van der Waals surface area (Å²) in [5, 5.41) is 9.41. The van der Waals surface area contributed by atoms with Gasteiger partial charge in [-0.05, 0) is 0 Å². The normalized spacial score (nSPS) is 12.1. The number of carbonyl (C=O) groups is 1. The number of hydrogen-bond acceptors (Lipinski definition) is 3. The second kappa shape index (κ2) is 4.87. The Hall–Kier alpha value is 0.786. The van der Waals surface area contributed by atoms with Crippen molar-refractivity contribution in [3.8, 4) is 0 Å². The van der Waals surface area contributed by atoms with Gasteiger partial charge in [0.15, 0.2) is 0 Å². The van der Waals surface area contributed by atoms with Gasteiger partial charge in [0.25, 0.3) is 0 Å². The molecule has 0 heterocycles. The van der Waals surface area contributed by atoms with E-state index < -0.39 is 18.0 Å². The van der Waals surface area contributed by atoms with Crippen molar-refractivity contribution in [2.75, 3.05) is 7.11 Å². The Labute approximate surface area is 107 Å². The molecule has 0 aliphatic carbocycles. The van der Waals surface area contributed by atoms with Crippen LogP contribution in [-0.2, 0) is 9.53 Å². The van der Waals surface area contributed by atoms with Crippen LogP contribution in [0.25, 0.3) is 0 Å². The van der Waals surface area contributed by atoms with Crippen LogP contribution in [-0.4, -0.2) is 25.1 Å². The number of alkyl halides is 4. The van der Waals surface area contributed by atoms with Crippen LogP contribution in [0, 0.1) is 0 Å². The van der Waals surface area contributed by atoms with E-state index in [0.29, 0.717) is 0 Å². The number of rotatable bonds is 3. The number of carboxylic acids is 1. The van der Waals surface area contributed by atoms with Gasteiger partial charge in [0.1, 0.15) is 5.97 Å². The van der Waals surface area contributed by atoms with Crippen molar-refractivity contribution in [2.45, 2.75) is 12.0 Å². The zero-order valence-electron chi connectivity index (χ0n) is 6.24. The molecular formula is C4H3F4KO3. The Kier molecular flexibility index (Phi) is 6.19. The van der Waals surface area contributed by atoms with Crippen molar-refractivity contribution >= 4 is 5.97 Å². The van der Waals surface area contributed by atoms with E-state index in [-0.39, 0.29) is 58.5 Å². The van der Waals surface area contributed by atoms with Gasteiger partial charge in [0, 0.05) is 7.11 Å².